The van der Waals surface area contributed by atoms with Gasteiger partial charge in [0.15, 0.2) is 11.9 Å². The molecule has 0 bridgehead atoms. The molecule has 1 atom stereocenters. The van der Waals surface area contributed by atoms with Gasteiger partial charge in [-0.3, -0.25) is 4.79 Å². The molecule has 0 saturated heterocycles. The maximum absolute atomic E-state index is 13.4. The van der Waals surface area contributed by atoms with Gasteiger partial charge in [0.1, 0.15) is 5.69 Å². The Bertz CT molecular complexity index is 1310. The van der Waals surface area contributed by atoms with Crippen LogP contribution in [0.15, 0.2) is 79.0 Å². The predicted octanol–water partition coefficient (Wildman–Crippen LogP) is 2.88. The maximum atomic E-state index is 13.4. The number of amides is 1. The first-order valence-corrected chi connectivity index (χ1v) is 9.75. The lowest BCUT2D eigenvalue weighted by molar-refractivity contribution is -0.615. The molecule has 0 fully saturated rings. The van der Waals surface area contributed by atoms with Crippen molar-refractivity contribution in [3.63, 3.8) is 0 Å². The lowest BCUT2D eigenvalue weighted by atomic mass is 10.0. The number of methoxy groups -OCH3 is 1. The zero-order chi connectivity index (χ0) is 22.7. The van der Waals surface area contributed by atoms with Crippen LogP contribution in [0.1, 0.15) is 22.1 Å². The van der Waals surface area contributed by atoms with E-state index in [9.17, 15) is 19.9 Å². The van der Waals surface area contributed by atoms with Gasteiger partial charge in [0.25, 0.3) is 5.91 Å². The van der Waals surface area contributed by atoms with Crippen molar-refractivity contribution in [3.05, 3.63) is 95.5 Å². The van der Waals surface area contributed by atoms with Crippen LogP contribution in [0.25, 0.3) is 22.2 Å². The SMILES string of the molecule is COC(=O)C(NC(=O)c1c(O)c(-c2ccccc2)nc2ccccc12)c1cccc[n+]1[O-]. The van der Waals surface area contributed by atoms with Gasteiger partial charge >= 0.3 is 5.97 Å². The first-order chi connectivity index (χ1) is 15.5. The Kier molecular flexibility index (Phi) is 5.67. The van der Waals surface area contributed by atoms with Crippen LogP contribution < -0.4 is 10.0 Å². The van der Waals surface area contributed by atoms with Gasteiger partial charge in [-0.15, -0.1) is 0 Å². The number of aromatic nitrogens is 2. The van der Waals surface area contributed by atoms with Gasteiger partial charge in [-0.05, 0) is 12.1 Å². The van der Waals surface area contributed by atoms with Crippen molar-refractivity contribution < 1.29 is 24.2 Å². The third kappa shape index (κ3) is 3.81. The lowest BCUT2D eigenvalue weighted by Gasteiger charge is -2.18. The molecular formula is C24H19N3O5. The van der Waals surface area contributed by atoms with Crippen molar-refractivity contribution in [1.29, 1.82) is 0 Å². The van der Waals surface area contributed by atoms with E-state index in [1.54, 1.807) is 54.6 Å². The molecule has 8 nitrogen and oxygen atoms in total. The second kappa shape index (κ2) is 8.73. The van der Waals surface area contributed by atoms with Crippen LogP contribution in [0, 0.1) is 5.21 Å². The van der Waals surface area contributed by atoms with E-state index in [1.165, 1.54) is 18.3 Å². The molecule has 0 aliphatic carbocycles. The minimum absolute atomic E-state index is 0.0196. The van der Waals surface area contributed by atoms with Crippen molar-refractivity contribution in [2.45, 2.75) is 6.04 Å². The van der Waals surface area contributed by atoms with Crippen molar-refractivity contribution in [1.82, 2.24) is 10.3 Å². The molecule has 0 aliphatic heterocycles. The van der Waals surface area contributed by atoms with Crippen LogP contribution in [-0.4, -0.2) is 29.1 Å². The number of para-hydroxylation sites is 1. The molecule has 2 heterocycles. The van der Waals surface area contributed by atoms with Gasteiger partial charge in [-0.2, -0.15) is 4.73 Å². The fourth-order valence-corrected chi connectivity index (χ4v) is 3.47. The fourth-order valence-electron chi connectivity index (χ4n) is 3.47. The molecule has 32 heavy (non-hydrogen) atoms. The average molecular weight is 429 g/mol. The average Bonchev–Trinajstić information content (AvgIpc) is 2.82. The van der Waals surface area contributed by atoms with Crippen LogP contribution in [0.3, 0.4) is 0 Å². The second-order valence-electron chi connectivity index (χ2n) is 6.95. The summed E-state index contributed by atoms with van der Waals surface area (Å²) in [5.74, 6) is -1.91. The molecule has 2 N–H and O–H groups in total. The highest BCUT2D eigenvalue weighted by Gasteiger charge is 2.32. The minimum Gasteiger partial charge on any atom is -0.618 e. The van der Waals surface area contributed by atoms with Gasteiger partial charge in [-0.1, -0.05) is 48.5 Å². The number of carbonyl (C=O) groups is 2. The van der Waals surface area contributed by atoms with Gasteiger partial charge < -0.3 is 20.4 Å². The number of nitrogens with zero attached hydrogens (tertiary/aromatic N) is 2. The molecule has 4 aromatic rings. The zero-order valence-corrected chi connectivity index (χ0v) is 17.1. The quantitative estimate of drug-likeness (QED) is 0.286. The van der Waals surface area contributed by atoms with E-state index in [-0.39, 0.29) is 22.7 Å². The van der Waals surface area contributed by atoms with E-state index in [2.05, 4.69) is 10.3 Å². The molecule has 2 aromatic heterocycles. The second-order valence-corrected chi connectivity index (χ2v) is 6.95. The number of pyridine rings is 2. The van der Waals surface area contributed by atoms with Crippen LogP contribution in [-0.2, 0) is 9.53 Å². The number of aromatic hydroxyl groups is 1. The Morgan fingerprint density at radius 1 is 1.03 bits per heavy atom. The molecule has 0 radical (unpaired) electrons. The normalized spacial score (nSPS) is 11.7. The fraction of sp³-hybridized carbons (Fsp3) is 0.0833. The summed E-state index contributed by atoms with van der Waals surface area (Å²) >= 11 is 0. The first-order valence-electron chi connectivity index (χ1n) is 9.75. The van der Waals surface area contributed by atoms with E-state index >= 15 is 0 Å². The third-order valence-corrected chi connectivity index (χ3v) is 5.00. The lowest BCUT2D eigenvalue weighted by Crippen LogP contribution is -2.43. The van der Waals surface area contributed by atoms with E-state index in [4.69, 9.17) is 4.74 Å². The Morgan fingerprint density at radius 3 is 2.44 bits per heavy atom. The number of rotatable bonds is 5. The number of fused-ring (bicyclic) bond motifs is 1. The molecule has 1 unspecified atom stereocenters. The van der Waals surface area contributed by atoms with Gasteiger partial charge in [0, 0.05) is 23.1 Å². The summed E-state index contributed by atoms with van der Waals surface area (Å²) < 4.78 is 5.26. The number of hydrogen-bond acceptors (Lipinski definition) is 6. The zero-order valence-electron chi connectivity index (χ0n) is 17.1. The summed E-state index contributed by atoms with van der Waals surface area (Å²) in [4.78, 5) is 30.3. The Labute approximate surface area is 183 Å². The Balaban J connectivity index is 1.85. The monoisotopic (exact) mass is 429 g/mol. The summed E-state index contributed by atoms with van der Waals surface area (Å²) in [6, 6.07) is 18.9. The van der Waals surface area contributed by atoms with E-state index < -0.39 is 17.9 Å². The molecular weight excluding hydrogens is 410 g/mol. The third-order valence-electron chi connectivity index (χ3n) is 5.00. The Hall–Kier alpha value is -4.46. The first kappa shape index (κ1) is 20.8. The number of esters is 1. The van der Waals surface area contributed by atoms with Gasteiger partial charge in [0.2, 0.25) is 11.7 Å². The highest BCUT2D eigenvalue weighted by Crippen LogP contribution is 2.35. The predicted molar refractivity (Wildman–Crippen MR) is 116 cm³/mol. The van der Waals surface area contributed by atoms with E-state index in [0.29, 0.717) is 21.2 Å². The number of ether oxygens (including phenoxy) is 1. The molecule has 0 spiro atoms. The maximum Gasteiger partial charge on any atom is 0.339 e. The molecule has 1 amide bonds. The molecule has 2 aromatic carbocycles. The van der Waals surface area contributed by atoms with Crippen LogP contribution in [0.2, 0.25) is 0 Å². The molecule has 8 heteroatoms. The summed E-state index contributed by atoms with van der Waals surface area (Å²) in [7, 11) is 1.16. The van der Waals surface area contributed by atoms with Gasteiger partial charge in [0.05, 0.1) is 18.2 Å². The summed E-state index contributed by atoms with van der Waals surface area (Å²) in [6.45, 7) is 0. The highest BCUT2D eigenvalue weighted by molar-refractivity contribution is 6.11. The van der Waals surface area contributed by atoms with Crippen LogP contribution >= 0.6 is 0 Å². The molecule has 0 saturated carbocycles. The highest BCUT2D eigenvalue weighted by atomic mass is 16.5. The van der Waals surface area contributed by atoms with Crippen LogP contribution in [0.4, 0.5) is 0 Å². The number of benzene rings is 2. The minimum atomic E-state index is -1.38. The molecule has 0 aliphatic rings. The largest absolute Gasteiger partial charge is 0.618 e. The smallest absolute Gasteiger partial charge is 0.339 e. The standard InChI is InChI=1S/C24H19N3O5/c1-32-24(30)21(18-13-7-8-14-27(18)31)26-23(29)19-16-11-5-6-12-17(16)25-20(22(19)28)15-9-3-2-4-10-15/h2-14,21,28H,1H3,(H,26,29). The van der Waals surface area contributed by atoms with Crippen LogP contribution in [0.5, 0.6) is 5.75 Å². The van der Waals surface area contributed by atoms with Crippen molar-refractivity contribution in [3.8, 4) is 17.0 Å². The van der Waals surface area contributed by atoms with Crippen molar-refractivity contribution >= 4 is 22.8 Å². The molecule has 4 rings (SSSR count). The number of nitrogens with one attached hydrogen (secondary N) is 1. The topological polar surface area (TPSA) is 115 Å². The summed E-state index contributed by atoms with van der Waals surface area (Å²) in [5, 5.41) is 26.2. The van der Waals surface area contributed by atoms with E-state index in [1.807, 2.05) is 6.07 Å². The van der Waals surface area contributed by atoms with Crippen molar-refractivity contribution in [2.75, 3.05) is 7.11 Å². The number of hydrogen-bond donors (Lipinski definition) is 2. The van der Waals surface area contributed by atoms with Crippen molar-refractivity contribution in [2.24, 2.45) is 0 Å². The summed E-state index contributed by atoms with van der Waals surface area (Å²) in [5.41, 5.74) is 1.26. The molecule has 160 valence electrons. The van der Waals surface area contributed by atoms with E-state index in [0.717, 1.165) is 7.11 Å². The Morgan fingerprint density at radius 2 is 1.72 bits per heavy atom. The number of carbonyl (C=O) groups excluding carboxylic acids is 2. The summed E-state index contributed by atoms with van der Waals surface area (Å²) in [6.07, 6.45) is 1.21. The van der Waals surface area contributed by atoms with Gasteiger partial charge in [-0.25, -0.2) is 9.78 Å².